The van der Waals surface area contributed by atoms with Crippen molar-refractivity contribution < 1.29 is 9.53 Å². The monoisotopic (exact) mass is 268 g/mol. The maximum Gasteiger partial charge on any atom is 0.410 e. The fourth-order valence-electron chi connectivity index (χ4n) is 3.16. The van der Waals surface area contributed by atoms with Crippen LogP contribution in [0.25, 0.3) is 0 Å². The quantitative estimate of drug-likeness (QED) is 0.837. The SMILES string of the molecule is CNC1(C2CCCN(C(=O)OC(C)(C)C)CC2)CC1. The molecule has 0 radical (unpaired) electrons. The molecule has 4 heteroatoms. The van der Waals surface area contributed by atoms with Gasteiger partial charge in [-0.2, -0.15) is 0 Å². The van der Waals surface area contributed by atoms with Crippen LogP contribution in [-0.4, -0.2) is 42.3 Å². The summed E-state index contributed by atoms with van der Waals surface area (Å²) in [7, 11) is 2.07. The number of likely N-dealkylation sites (tertiary alicyclic amines) is 1. The highest BCUT2D eigenvalue weighted by Gasteiger charge is 2.47. The Bertz CT molecular complexity index is 332. The molecule has 0 spiro atoms. The highest BCUT2D eigenvalue weighted by molar-refractivity contribution is 5.68. The number of ether oxygens (including phenoxy) is 1. The predicted molar refractivity (Wildman–Crippen MR) is 76.2 cm³/mol. The Kier molecular flexibility index (Phi) is 4.09. The van der Waals surface area contributed by atoms with E-state index in [0.29, 0.717) is 11.5 Å². The van der Waals surface area contributed by atoms with E-state index in [1.807, 2.05) is 25.7 Å². The van der Waals surface area contributed by atoms with Crippen molar-refractivity contribution in [1.29, 1.82) is 0 Å². The molecule has 1 saturated heterocycles. The molecule has 1 aliphatic carbocycles. The zero-order valence-corrected chi connectivity index (χ0v) is 12.8. The summed E-state index contributed by atoms with van der Waals surface area (Å²) in [6.45, 7) is 7.44. The molecule has 1 heterocycles. The van der Waals surface area contributed by atoms with Gasteiger partial charge >= 0.3 is 6.09 Å². The Morgan fingerprint density at radius 1 is 1.26 bits per heavy atom. The van der Waals surface area contributed by atoms with E-state index in [0.717, 1.165) is 25.9 Å². The number of rotatable bonds is 2. The fraction of sp³-hybridized carbons (Fsp3) is 0.933. The van der Waals surface area contributed by atoms with Crippen LogP contribution in [0.15, 0.2) is 0 Å². The van der Waals surface area contributed by atoms with Gasteiger partial charge in [0.05, 0.1) is 0 Å². The van der Waals surface area contributed by atoms with Crippen molar-refractivity contribution >= 4 is 6.09 Å². The predicted octanol–water partition coefficient (Wildman–Crippen LogP) is 2.78. The lowest BCUT2D eigenvalue weighted by molar-refractivity contribution is 0.0254. The Balaban J connectivity index is 1.88. The lowest BCUT2D eigenvalue weighted by Crippen LogP contribution is -2.39. The van der Waals surface area contributed by atoms with Crippen LogP contribution in [0.4, 0.5) is 4.79 Å². The van der Waals surface area contributed by atoms with E-state index >= 15 is 0 Å². The Hall–Kier alpha value is -0.770. The van der Waals surface area contributed by atoms with Gasteiger partial charge in [0.25, 0.3) is 0 Å². The molecule has 2 rings (SSSR count). The van der Waals surface area contributed by atoms with Gasteiger partial charge in [0.2, 0.25) is 0 Å². The topological polar surface area (TPSA) is 41.6 Å². The van der Waals surface area contributed by atoms with Gasteiger partial charge in [0.15, 0.2) is 0 Å². The van der Waals surface area contributed by atoms with Crippen LogP contribution >= 0.6 is 0 Å². The number of nitrogens with one attached hydrogen (secondary N) is 1. The summed E-state index contributed by atoms with van der Waals surface area (Å²) in [5.41, 5.74) is -0.0184. The minimum absolute atomic E-state index is 0.151. The van der Waals surface area contributed by atoms with E-state index in [-0.39, 0.29) is 6.09 Å². The lowest BCUT2D eigenvalue weighted by Gasteiger charge is -2.27. The first kappa shape index (κ1) is 14.6. The number of carbonyl (C=O) groups excluding carboxylic acids is 1. The van der Waals surface area contributed by atoms with Crippen LogP contribution in [0, 0.1) is 5.92 Å². The number of nitrogens with zero attached hydrogens (tertiary/aromatic N) is 1. The smallest absolute Gasteiger partial charge is 0.410 e. The van der Waals surface area contributed by atoms with Gasteiger partial charge < -0.3 is 15.0 Å². The van der Waals surface area contributed by atoms with Crippen molar-refractivity contribution in [3.05, 3.63) is 0 Å². The van der Waals surface area contributed by atoms with Crippen LogP contribution in [0.1, 0.15) is 52.9 Å². The number of amides is 1. The van der Waals surface area contributed by atoms with Crippen LogP contribution < -0.4 is 5.32 Å². The van der Waals surface area contributed by atoms with E-state index in [1.165, 1.54) is 19.3 Å². The van der Waals surface area contributed by atoms with Crippen molar-refractivity contribution in [2.45, 2.75) is 64.0 Å². The minimum Gasteiger partial charge on any atom is -0.444 e. The van der Waals surface area contributed by atoms with Crippen LogP contribution in [0.3, 0.4) is 0 Å². The standard InChI is InChI=1S/C15H28N2O2/c1-14(2,3)19-13(18)17-10-5-6-12(7-11-17)15(16-4)8-9-15/h12,16H,5-11H2,1-4H3. The van der Waals surface area contributed by atoms with Gasteiger partial charge in [0, 0.05) is 18.6 Å². The second-order valence-corrected chi connectivity index (χ2v) is 7.00. The van der Waals surface area contributed by atoms with Crippen molar-refractivity contribution in [1.82, 2.24) is 10.2 Å². The lowest BCUT2D eigenvalue weighted by atomic mass is 9.90. The Morgan fingerprint density at radius 2 is 1.95 bits per heavy atom. The summed E-state index contributed by atoms with van der Waals surface area (Å²) in [5, 5.41) is 3.50. The van der Waals surface area contributed by atoms with E-state index in [2.05, 4.69) is 12.4 Å². The largest absolute Gasteiger partial charge is 0.444 e. The van der Waals surface area contributed by atoms with Gasteiger partial charge in [-0.25, -0.2) is 4.79 Å². The highest BCUT2D eigenvalue weighted by Crippen LogP contribution is 2.46. The molecule has 4 nitrogen and oxygen atoms in total. The summed E-state index contributed by atoms with van der Waals surface area (Å²) in [6, 6.07) is 0. The summed E-state index contributed by atoms with van der Waals surface area (Å²) in [5.74, 6) is 0.713. The molecule has 1 aliphatic heterocycles. The molecule has 1 saturated carbocycles. The maximum absolute atomic E-state index is 12.1. The molecule has 1 unspecified atom stereocenters. The fourth-order valence-corrected chi connectivity index (χ4v) is 3.16. The Morgan fingerprint density at radius 3 is 2.47 bits per heavy atom. The van der Waals surface area contributed by atoms with Crippen molar-refractivity contribution in [3.63, 3.8) is 0 Å². The first-order valence-electron chi connectivity index (χ1n) is 7.53. The average Bonchev–Trinajstić information content (AvgIpc) is 3.11. The van der Waals surface area contributed by atoms with Crippen LogP contribution in [0.2, 0.25) is 0 Å². The number of hydrogen-bond acceptors (Lipinski definition) is 3. The van der Waals surface area contributed by atoms with E-state index < -0.39 is 5.60 Å². The first-order chi connectivity index (χ1) is 8.86. The molecule has 1 atom stereocenters. The molecular weight excluding hydrogens is 240 g/mol. The van der Waals surface area contributed by atoms with E-state index in [4.69, 9.17) is 4.74 Å². The second-order valence-electron chi connectivity index (χ2n) is 7.00. The molecule has 1 N–H and O–H groups in total. The molecule has 0 aromatic heterocycles. The molecule has 0 aromatic carbocycles. The normalized spacial score (nSPS) is 26.7. The molecule has 110 valence electrons. The summed E-state index contributed by atoms with van der Waals surface area (Å²) in [6.07, 6.45) is 5.84. The van der Waals surface area contributed by atoms with Crippen LogP contribution in [-0.2, 0) is 4.74 Å². The van der Waals surface area contributed by atoms with Gasteiger partial charge in [-0.05, 0) is 65.8 Å². The third-order valence-corrected chi connectivity index (χ3v) is 4.45. The maximum atomic E-state index is 12.1. The van der Waals surface area contributed by atoms with Crippen molar-refractivity contribution in [2.24, 2.45) is 5.92 Å². The Labute approximate surface area is 116 Å². The number of hydrogen-bond donors (Lipinski definition) is 1. The van der Waals surface area contributed by atoms with Crippen molar-refractivity contribution in [2.75, 3.05) is 20.1 Å². The second kappa shape index (κ2) is 5.31. The van der Waals surface area contributed by atoms with Gasteiger partial charge in [-0.15, -0.1) is 0 Å². The van der Waals surface area contributed by atoms with E-state index in [1.54, 1.807) is 0 Å². The molecule has 2 aliphatic rings. The highest BCUT2D eigenvalue weighted by atomic mass is 16.6. The summed E-state index contributed by atoms with van der Waals surface area (Å²) in [4.78, 5) is 14.0. The molecule has 1 amide bonds. The zero-order chi connectivity index (χ0) is 14.1. The molecule has 2 fully saturated rings. The number of carbonyl (C=O) groups is 1. The zero-order valence-electron chi connectivity index (χ0n) is 12.8. The average molecular weight is 268 g/mol. The molecule has 0 aromatic rings. The molecule has 19 heavy (non-hydrogen) atoms. The summed E-state index contributed by atoms with van der Waals surface area (Å²) >= 11 is 0. The first-order valence-corrected chi connectivity index (χ1v) is 7.53. The summed E-state index contributed by atoms with van der Waals surface area (Å²) < 4.78 is 5.47. The third kappa shape index (κ3) is 3.62. The molecule has 0 bridgehead atoms. The van der Waals surface area contributed by atoms with Crippen molar-refractivity contribution in [3.8, 4) is 0 Å². The molecular formula is C15H28N2O2. The third-order valence-electron chi connectivity index (χ3n) is 4.45. The van der Waals surface area contributed by atoms with Gasteiger partial charge in [0.1, 0.15) is 5.60 Å². The van der Waals surface area contributed by atoms with Crippen LogP contribution in [0.5, 0.6) is 0 Å². The van der Waals surface area contributed by atoms with Gasteiger partial charge in [-0.1, -0.05) is 0 Å². The minimum atomic E-state index is -0.397. The van der Waals surface area contributed by atoms with E-state index in [9.17, 15) is 4.79 Å². The van der Waals surface area contributed by atoms with Gasteiger partial charge in [-0.3, -0.25) is 0 Å².